The van der Waals surface area contributed by atoms with Crippen LogP contribution in [0.5, 0.6) is 0 Å². The van der Waals surface area contributed by atoms with Crippen LogP contribution < -0.4 is 4.72 Å². The Balaban J connectivity index is 2.01. The molecule has 3 aromatic rings. The van der Waals surface area contributed by atoms with E-state index in [9.17, 15) is 12.8 Å². The number of nitrogens with one attached hydrogen (secondary N) is 1. The van der Waals surface area contributed by atoms with Crippen molar-refractivity contribution in [2.24, 2.45) is 0 Å². The van der Waals surface area contributed by atoms with Crippen LogP contribution in [0.3, 0.4) is 0 Å². The fourth-order valence-electron chi connectivity index (χ4n) is 2.27. The zero-order valence-electron chi connectivity index (χ0n) is 12.0. The molecule has 0 fully saturated rings. The second kappa shape index (κ2) is 6.62. The molecule has 0 aliphatic rings. The SMILES string of the molecule is O=S(=O)(N[C@@H](c1ccccc1)c1cccs1)c1ccccc1F. The molecule has 1 aromatic heterocycles. The summed E-state index contributed by atoms with van der Waals surface area (Å²) >= 11 is 1.45. The average molecular weight is 347 g/mol. The van der Waals surface area contributed by atoms with Crippen LogP contribution in [0.2, 0.25) is 0 Å². The Bertz CT molecular complexity index is 878. The average Bonchev–Trinajstić information content (AvgIpc) is 3.08. The maximum absolute atomic E-state index is 13.9. The van der Waals surface area contributed by atoms with E-state index in [2.05, 4.69) is 4.72 Å². The number of rotatable bonds is 5. The van der Waals surface area contributed by atoms with Crippen molar-refractivity contribution < 1.29 is 12.8 Å². The van der Waals surface area contributed by atoms with Crippen LogP contribution in [0.1, 0.15) is 16.5 Å². The summed E-state index contributed by atoms with van der Waals surface area (Å²) in [5, 5.41) is 1.88. The molecule has 0 saturated carbocycles. The molecule has 0 bridgehead atoms. The van der Waals surface area contributed by atoms with Crippen LogP contribution in [-0.2, 0) is 10.0 Å². The molecule has 23 heavy (non-hydrogen) atoms. The van der Waals surface area contributed by atoms with E-state index in [0.29, 0.717) is 0 Å². The molecule has 0 radical (unpaired) electrons. The van der Waals surface area contributed by atoms with Gasteiger partial charge in [-0.05, 0) is 29.1 Å². The summed E-state index contributed by atoms with van der Waals surface area (Å²) in [4.78, 5) is 0.494. The maximum atomic E-state index is 13.9. The molecular formula is C17H14FNO2S2. The van der Waals surface area contributed by atoms with Gasteiger partial charge in [0.05, 0.1) is 6.04 Å². The van der Waals surface area contributed by atoms with Crippen LogP contribution in [0.25, 0.3) is 0 Å². The van der Waals surface area contributed by atoms with E-state index < -0.39 is 21.9 Å². The molecule has 3 rings (SSSR count). The number of hydrogen-bond donors (Lipinski definition) is 1. The van der Waals surface area contributed by atoms with Crippen molar-refractivity contribution >= 4 is 21.4 Å². The van der Waals surface area contributed by atoms with Crippen LogP contribution in [0, 0.1) is 5.82 Å². The molecule has 0 saturated heterocycles. The lowest BCUT2D eigenvalue weighted by molar-refractivity contribution is 0.551. The first-order valence-electron chi connectivity index (χ1n) is 6.93. The zero-order valence-corrected chi connectivity index (χ0v) is 13.6. The molecule has 1 heterocycles. The third kappa shape index (κ3) is 3.50. The minimum atomic E-state index is -3.98. The molecule has 0 unspecified atom stereocenters. The van der Waals surface area contributed by atoms with Crippen molar-refractivity contribution in [2.75, 3.05) is 0 Å². The van der Waals surface area contributed by atoms with E-state index >= 15 is 0 Å². The van der Waals surface area contributed by atoms with Gasteiger partial charge >= 0.3 is 0 Å². The predicted molar refractivity (Wildman–Crippen MR) is 89.3 cm³/mol. The third-order valence-electron chi connectivity index (χ3n) is 3.36. The number of halogens is 1. The zero-order chi connectivity index (χ0) is 16.3. The quantitative estimate of drug-likeness (QED) is 0.759. The van der Waals surface area contributed by atoms with Gasteiger partial charge < -0.3 is 0 Å². The van der Waals surface area contributed by atoms with Gasteiger partial charge in [-0.1, -0.05) is 48.5 Å². The lowest BCUT2D eigenvalue weighted by Crippen LogP contribution is -2.29. The van der Waals surface area contributed by atoms with Crippen molar-refractivity contribution in [2.45, 2.75) is 10.9 Å². The first kappa shape index (κ1) is 15.9. The lowest BCUT2D eigenvalue weighted by Gasteiger charge is -2.18. The summed E-state index contributed by atoms with van der Waals surface area (Å²) in [5.41, 5.74) is 0.801. The monoisotopic (exact) mass is 347 g/mol. The molecule has 1 N–H and O–H groups in total. The Labute approximate surface area is 138 Å². The second-order valence-electron chi connectivity index (χ2n) is 4.91. The summed E-state index contributed by atoms with van der Waals surface area (Å²) in [7, 11) is -3.98. The molecule has 2 aromatic carbocycles. The Morgan fingerprint density at radius 2 is 1.61 bits per heavy atom. The Hall–Kier alpha value is -2.02. The van der Waals surface area contributed by atoms with Gasteiger partial charge in [-0.15, -0.1) is 11.3 Å². The fraction of sp³-hybridized carbons (Fsp3) is 0.0588. The third-order valence-corrected chi connectivity index (χ3v) is 5.75. The minimum absolute atomic E-state index is 0.350. The van der Waals surface area contributed by atoms with Gasteiger partial charge in [0.1, 0.15) is 10.7 Å². The Morgan fingerprint density at radius 3 is 2.26 bits per heavy atom. The normalized spacial score (nSPS) is 12.9. The molecule has 0 aliphatic carbocycles. The van der Waals surface area contributed by atoms with Crippen molar-refractivity contribution in [3.05, 3.63) is 88.4 Å². The molecular weight excluding hydrogens is 333 g/mol. The smallest absolute Gasteiger partial charge is 0.207 e. The molecule has 118 valence electrons. The van der Waals surface area contributed by atoms with Crippen LogP contribution >= 0.6 is 11.3 Å². The van der Waals surface area contributed by atoms with Crippen molar-refractivity contribution in [1.82, 2.24) is 4.72 Å². The summed E-state index contributed by atoms with van der Waals surface area (Å²) in [6, 6.07) is 17.7. The molecule has 0 aliphatic heterocycles. The second-order valence-corrected chi connectivity index (χ2v) is 7.57. The van der Waals surface area contributed by atoms with E-state index in [1.807, 2.05) is 47.8 Å². The van der Waals surface area contributed by atoms with Crippen LogP contribution in [0.4, 0.5) is 4.39 Å². The van der Waals surface area contributed by atoms with Gasteiger partial charge in [-0.25, -0.2) is 12.8 Å². The minimum Gasteiger partial charge on any atom is -0.207 e. The van der Waals surface area contributed by atoms with E-state index in [4.69, 9.17) is 0 Å². The fourth-order valence-corrected chi connectivity index (χ4v) is 4.43. The highest BCUT2D eigenvalue weighted by Gasteiger charge is 2.25. The molecule has 0 spiro atoms. The molecule has 3 nitrogen and oxygen atoms in total. The number of sulfonamides is 1. The van der Waals surface area contributed by atoms with Gasteiger partial charge in [0.2, 0.25) is 10.0 Å². The maximum Gasteiger partial charge on any atom is 0.244 e. The van der Waals surface area contributed by atoms with E-state index in [1.165, 1.54) is 29.5 Å². The highest BCUT2D eigenvalue weighted by molar-refractivity contribution is 7.89. The number of benzene rings is 2. The Kier molecular flexibility index (Phi) is 4.56. The highest BCUT2D eigenvalue weighted by Crippen LogP contribution is 2.28. The van der Waals surface area contributed by atoms with Crippen LogP contribution in [-0.4, -0.2) is 8.42 Å². The first-order chi connectivity index (χ1) is 11.1. The van der Waals surface area contributed by atoms with E-state index in [0.717, 1.165) is 16.5 Å². The van der Waals surface area contributed by atoms with Gasteiger partial charge in [0.25, 0.3) is 0 Å². The number of hydrogen-bond acceptors (Lipinski definition) is 3. The van der Waals surface area contributed by atoms with Gasteiger partial charge in [-0.3, -0.25) is 0 Å². The molecule has 1 atom stereocenters. The van der Waals surface area contributed by atoms with Gasteiger partial charge in [0.15, 0.2) is 0 Å². The van der Waals surface area contributed by atoms with E-state index in [-0.39, 0.29) is 4.90 Å². The highest BCUT2D eigenvalue weighted by atomic mass is 32.2. The largest absolute Gasteiger partial charge is 0.244 e. The summed E-state index contributed by atoms with van der Waals surface area (Å²) in [6.07, 6.45) is 0. The van der Waals surface area contributed by atoms with Gasteiger partial charge in [0, 0.05) is 4.88 Å². The number of thiophene rings is 1. The van der Waals surface area contributed by atoms with Crippen molar-refractivity contribution in [3.63, 3.8) is 0 Å². The van der Waals surface area contributed by atoms with Gasteiger partial charge in [-0.2, -0.15) is 4.72 Å². The standard InChI is InChI=1S/C17H14FNO2S2/c18-14-9-4-5-11-16(14)23(20,21)19-17(15-10-6-12-22-15)13-7-2-1-3-8-13/h1-12,17,19H/t17-/m0/s1. The summed E-state index contributed by atoms with van der Waals surface area (Å²) in [6.45, 7) is 0. The topological polar surface area (TPSA) is 46.2 Å². The van der Waals surface area contributed by atoms with Crippen molar-refractivity contribution in [3.8, 4) is 0 Å². The summed E-state index contributed by atoms with van der Waals surface area (Å²) in [5.74, 6) is -0.766. The summed E-state index contributed by atoms with van der Waals surface area (Å²) < 4.78 is 41.6. The van der Waals surface area contributed by atoms with Crippen molar-refractivity contribution in [1.29, 1.82) is 0 Å². The first-order valence-corrected chi connectivity index (χ1v) is 9.29. The van der Waals surface area contributed by atoms with Crippen LogP contribution in [0.15, 0.2) is 77.0 Å². The molecule has 0 amide bonds. The van der Waals surface area contributed by atoms with E-state index in [1.54, 1.807) is 0 Å². The predicted octanol–water partition coefficient (Wildman–Crippen LogP) is 3.96. The molecule has 6 heteroatoms. The Morgan fingerprint density at radius 1 is 0.913 bits per heavy atom. The lowest BCUT2D eigenvalue weighted by atomic mass is 10.1.